The summed E-state index contributed by atoms with van der Waals surface area (Å²) in [5, 5.41) is 5.48. The standard InChI is InChI=1S/C32H30N4O/c37-30-19-24(25-18-23-12-5-6-13-27(23)34-32(25)35-16-7-2-8-17-35)26-21-36(20-22-10-3-1-4-11-22)29-15-9-14-28(33-30)31(26)29/h1,3-6,9-15,18,21,24H,2,7-8,16-17,19-20H2,(H,33,37). The highest BCUT2D eigenvalue weighted by molar-refractivity contribution is 6.06. The number of nitrogens with zero attached hydrogens (tertiary/aromatic N) is 3. The van der Waals surface area contributed by atoms with E-state index in [2.05, 4.69) is 87.7 Å². The molecule has 0 spiro atoms. The molecule has 2 aromatic heterocycles. The number of piperidine rings is 1. The number of fused-ring (bicyclic) bond motifs is 1. The number of hydrogen-bond donors (Lipinski definition) is 1. The highest BCUT2D eigenvalue weighted by Gasteiger charge is 2.31. The Morgan fingerprint density at radius 1 is 0.865 bits per heavy atom. The highest BCUT2D eigenvalue weighted by Crippen LogP contribution is 2.44. The van der Waals surface area contributed by atoms with Gasteiger partial charge in [-0.05, 0) is 54.7 Å². The maximum absolute atomic E-state index is 13.2. The van der Waals surface area contributed by atoms with Gasteiger partial charge in [-0.3, -0.25) is 4.79 Å². The van der Waals surface area contributed by atoms with Crippen molar-refractivity contribution >= 4 is 39.2 Å². The Morgan fingerprint density at radius 3 is 2.54 bits per heavy atom. The third-order valence-corrected chi connectivity index (χ3v) is 7.93. The molecule has 0 radical (unpaired) electrons. The van der Waals surface area contributed by atoms with E-state index in [0.29, 0.717) is 6.42 Å². The molecule has 1 N–H and O–H groups in total. The second-order valence-electron chi connectivity index (χ2n) is 10.3. The molecule has 1 atom stereocenters. The van der Waals surface area contributed by atoms with Gasteiger partial charge in [0.1, 0.15) is 5.82 Å². The number of benzene rings is 3. The molecule has 0 bridgehead atoms. The Morgan fingerprint density at radius 2 is 1.68 bits per heavy atom. The number of para-hydroxylation sites is 1. The summed E-state index contributed by atoms with van der Waals surface area (Å²) in [6.07, 6.45) is 6.31. The van der Waals surface area contributed by atoms with Crippen molar-refractivity contribution in [2.75, 3.05) is 23.3 Å². The van der Waals surface area contributed by atoms with Crippen molar-refractivity contribution in [1.29, 1.82) is 0 Å². The molecule has 3 aromatic carbocycles. The summed E-state index contributed by atoms with van der Waals surface area (Å²) >= 11 is 0. The average molecular weight is 487 g/mol. The van der Waals surface area contributed by atoms with Crippen LogP contribution in [-0.4, -0.2) is 28.5 Å². The average Bonchev–Trinajstić information content (AvgIpc) is 3.23. The minimum atomic E-state index is -0.0720. The number of aromatic nitrogens is 2. The molecular formula is C32H30N4O. The first-order chi connectivity index (χ1) is 18.2. The first kappa shape index (κ1) is 22.1. The van der Waals surface area contributed by atoms with Crippen LogP contribution in [-0.2, 0) is 11.3 Å². The predicted octanol–water partition coefficient (Wildman–Crippen LogP) is 6.70. The van der Waals surface area contributed by atoms with E-state index in [-0.39, 0.29) is 11.8 Å². The second-order valence-corrected chi connectivity index (χ2v) is 10.3. The zero-order valence-corrected chi connectivity index (χ0v) is 20.9. The van der Waals surface area contributed by atoms with Crippen molar-refractivity contribution in [1.82, 2.24) is 9.55 Å². The zero-order chi connectivity index (χ0) is 24.8. The van der Waals surface area contributed by atoms with Crippen LogP contribution in [0.4, 0.5) is 11.5 Å². The summed E-state index contributed by atoms with van der Waals surface area (Å²) in [7, 11) is 0. The van der Waals surface area contributed by atoms with Crippen molar-refractivity contribution in [2.45, 2.75) is 38.1 Å². The molecule has 1 fully saturated rings. The van der Waals surface area contributed by atoms with Crippen molar-refractivity contribution in [3.05, 3.63) is 102 Å². The molecule has 1 amide bonds. The summed E-state index contributed by atoms with van der Waals surface area (Å²) in [6, 6.07) is 27.4. The summed E-state index contributed by atoms with van der Waals surface area (Å²) in [4.78, 5) is 20.9. The predicted molar refractivity (Wildman–Crippen MR) is 150 cm³/mol. The van der Waals surface area contributed by atoms with Gasteiger partial charge < -0.3 is 14.8 Å². The van der Waals surface area contributed by atoms with E-state index in [9.17, 15) is 4.79 Å². The van der Waals surface area contributed by atoms with Crippen molar-refractivity contribution < 1.29 is 4.79 Å². The zero-order valence-electron chi connectivity index (χ0n) is 20.9. The number of nitrogens with one attached hydrogen (secondary N) is 1. The van der Waals surface area contributed by atoms with Crippen molar-refractivity contribution in [3.8, 4) is 0 Å². The largest absolute Gasteiger partial charge is 0.356 e. The summed E-state index contributed by atoms with van der Waals surface area (Å²) in [6.45, 7) is 2.81. The summed E-state index contributed by atoms with van der Waals surface area (Å²) in [5.41, 5.74) is 6.69. The van der Waals surface area contributed by atoms with Gasteiger partial charge in [-0.25, -0.2) is 4.98 Å². The van der Waals surface area contributed by atoms with E-state index in [1.165, 1.54) is 30.4 Å². The third kappa shape index (κ3) is 3.95. The molecule has 1 saturated heterocycles. The SMILES string of the molecule is O=C1CC(c2cc3ccccc3nc2N2CCCCC2)c2cn(Cc3ccccc3)c3cccc(c23)N1. The Hall–Kier alpha value is -4.12. The van der Waals surface area contributed by atoms with E-state index in [4.69, 9.17) is 4.98 Å². The molecule has 0 saturated carbocycles. The van der Waals surface area contributed by atoms with Crippen LogP contribution in [0.15, 0.2) is 85.1 Å². The van der Waals surface area contributed by atoms with Crippen LogP contribution in [0.3, 0.4) is 0 Å². The van der Waals surface area contributed by atoms with Crippen molar-refractivity contribution in [2.24, 2.45) is 0 Å². The normalized spacial score (nSPS) is 17.7. The molecule has 0 aliphatic carbocycles. The minimum Gasteiger partial charge on any atom is -0.356 e. The van der Waals surface area contributed by atoms with Gasteiger partial charge in [-0.15, -0.1) is 0 Å². The number of pyridine rings is 1. The van der Waals surface area contributed by atoms with Crippen LogP contribution in [0.5, 0.6) is 0 Å². The molecule has 2 aliphatic rings. The monoisotopic (exact) mass is 486 g/mol. The van der Waals surface area contributed by atoms with E-state index in [1.807, 2.05) is 12.1 Å². The van der Waals surface area contributed by atoms with Crippen LogP contribution < -0.4 is 10.2 Å². The first-order valence-electron chi connectivity index (χ1n) is 13.3. The number of rotatable bonds is 4. The molecular weight excluding hydrogens is 456 g/mol. The Labute approximate surface area is 216 Å². The fourth-order valence-electron chi connectivity index (χ4n) is 6.18. The molecule has 5 aromatic rings. The number of hydrogen-bond acceptors (Lipinski definition) is 3. The fourth-order valence-corrected chi connectivity index (χ4v) is 6.18. The van der Waals surface area contributed by atoms with Gasteiger partial charge in [0.2, 0.25) is 5.91 Å². The van der Waals surface area contributed by atoms with Gasteiger partial charge in [0.15, 0.2) is 0 Å². The second kappa shape index (κ2) is 9.07. The quantitative estimate of drug-likeness (QED) is 0.307. The number of amides is 1. The van der Waals surface area contributed by atoms with Crippen LogP contribution in [0, 0.1) is 0 Å². The van der Waals surface area contributed by atoms with E-state index in [1.54, 1.807) is 0 Å². The maximum Gasteiger partial charge on any atom is 0.225 e. The van der Waals surface area contributed by atoms with E-state index in [0.717, 1.165) is 58.5 Å². The van der Waals surface area contributed by atoms with Gasteiger partial charge in [0, 0.05) is 54.5 Å². The lowest BCUT2D eigenvalue weighted by Gasteiger charge is -2.31. The van der Waals surface area contributed by atoms with Crippen molar-refractivity contribution in [3.63, 3.8) is 0 Å². The van der Waals surface area contributed by atoms with E-state index >= 15 is 0 Å². The van der Waals surface area contributed by atoms with Gasteiger partial charge >= 0.3 is 0 Å². The van der Waals surface area contributed by atoms with Crippen LogP contribution in [0.2, 0.25) is 0 Å². The fraction of sp³-hybridized carbons (Fsp3) is 0.250. The van der Waals surface area contributed by atoms with Gasteiger partial charge in [0.25, 0.3) is 0 Å². The Bertz CT molecular complexity index is 1610. The molecule has 4 heterocycles. The third-order valence-electron chi connectivity index (χ3n) is 7.93. The molecule has 5 nitrogen and oxygen atoms in total. The van der Waals surface area contributed by atoms with Gasteiger partial charge in [0.05, 0.1) is 16.7 Å². The Balaban J connectivity index is 1.44. The molecule has 7 rings (SSSR count). The van der Waals surface area contributed by atoms with Crippen LogP contribution in [0.1, 0.15) is 48.3 Å². The molecule has 1 unspecified atom stereocenters. The minimum absolute atomic E-state index is 0.0565. The molecule has 5 heteroatoms. The lowest BCUT2D eigenvalue weighted by Crippen LogP contribution is -2.31. The smallest absolute Gasteiger partial charge is 0.225 e. The van der Waals surface area contributed by atoms with Crippen LogP contribution >= 0.6 is 0 Å². The lowest BCUT2D eigenvalue weighted by atomic mass is 9.87. The molecule has 2 aliphatic heterocycles. The first-order valence-corrected chi connectivity index (χ1v) is 13.3. The summed E-state index contributed by atoms with van der Waals surface area (Å²) < 4.78 is 2.34. The van der Waals surface area contributed by atoms with Gasteiger partial charge in [-0.2, -0.15) is 0 Å². The van der Waals surface area contributed by atoms with Crippen LogP contribution in [0.25, 0.3) is 21.8 Å². The number of carbonyl (C=O) groups is 1. The lowest BCUT2D eigenvalue weighted by molar-refractivity contribution is -0.116. The molecule has 184 valence electrons. The summed E-state index contributed by atoms with van der Waals surface area (Å²) in [5.74, 6) is 1.03. The maximum atomic E-state index is 13.2. The number of anilines is 2. The topological polar surface area (TPSA) is 50.2 Å². The number of carbonyl (C=O) groups excluding carboxylic acids is 1. The van der Waals surface area contributed by atoms with Gasteiger partial charge in [-0.1, -0.05) is 54.6 Å². The Kier molecular flexibility index (Phi) is 5.42. The highest BCUT2D eigenvalue weighted by atomic mass is 16.1. The van der Waals surface area contributed by atoms with E-state index < -0.39 is 0 Å². The molecule has 37 heavy (non-hydrogen) atoms.